The maximum Gasteiger partial charge on any atom is 0.118 e. The lowest BCUT2D eigenvalue weighted by Gasteiger charge is -2.57. The Morgan fingerprint density at radius 3 is 2.88 bits per heavy atom. The van der Waals surface area contributed by atoms with Gasteiger partial charge in [0.05, 0.1) is 20.1 Å². The normalized spacial score (nSPS) is 45.7. The molecular formula is C16H28N+. The Balaban J connectivity index is 1.96. The molecule has 3 aliphatic rings. The van der Waals surface area contributed by atoms with Gasteiger partial charge in [-0.1, -0.05) is 12.5 Å². The molecule has 0 N–H and O–H groups in total. The Morgan fingerprint density at radius 2 is 2.12 bits per heavy atom. The van der Waals surface area contributed by atoms with E-state index in [4.69, 9.17) is 0 Å². The standard InChI is InChI=1S/C16H28N/c1-4-13-8-10-16(2)15-7-5-6-14(15)9-11-17(16,3)12-13/h13H,4-12H2,1-3H3/q+1/t13-,16+,17?/m0/s1. The van der Waals surface area contributed by atoms with Gasteiger partial charge in [-0.15, -0.1) is 0 Å². The van der Waals surface area contributed by atoms with Crippen LogP contribution in [0.1, 0.15) is 58.8 Å². The second kappa shape index (κ2) is 3.85. The van der Waals surface area contributed by atoms with Crippen molar-refractivity contribution in [1.29, 1.82) is 0 Å². The molecule has 0 spiro atoms. The zero-order valence-corrected chi connectivity index (χ0v) is 11.9. The fraction of sp³-hybridized carbons (Fsp3) is 0.875. The third-order valence-electron chi connectivity index (χ3n) is 6.36. The molecule has 0 aromatic carbocycles. The Labute approximate surface area is 106 Å². The summed E-state index contributed by atoms with van der Waals surface area (Å²) in [5, 5.41) is 0. The van der Waals surface area contributed by atoms with Crippen molar-refractivity contribution in [1.82, 2.24) is 0 Å². The molecule has 0 saturated carbocycles. The van der Waals surface area contributed by atoms with Gasteiger partial charge in [0.25, 0.3) is 0 Å². The molecule has 1 unspecified atom stereocenters. The number of nitrogens with zero attached hydrogens (tertiary/aromatic N) is 1. The smallest absolute Gasteiger partial charge is 0.118 e. The summed E-state index contributed by atoms with van der Waals surface area (Å²) in [5.41, 5.74) is 4.26. The molecule has 1 fully saturated rings. The van der Waals surface area contributed by atoms with E-state index in [0.717, 1.165) is 5.92 Å². The maximum absolute atomic E-state index is 2.58. The summed E-state index contributed by atoms with van der Waals surface area (Å²) in [6.07, 6.45) is 9.97. The lowest BCUT2D eigenvalue weighted by atomic mass is 9.72. The molecule has 0 amide bonds. The number of quaternary nitrogens is 1. The van der Waals surface area contributed by atoms with E-state index in [1.54, 1.807) is 0 Å². The van der Waals surface area contributed by atoms with E-state index in [0.29, 0.717) is 5.54 Å². The second-order valence-electron chi connectivity index (χ2n) is 7.07. The quantitative estimate of drug-likeness (QED) is 0.477. The molecule has 0 radical (unpaired) electrons. The van der Waals surface area contributed by atoms with Crippen molar-refractivity contribution >= 4 is 0 Å². The topological polar surface area (TPSA) is 0 Å². The van der Waals surface area contributed by atoms with E-state index in [-0.39, 0.29) is 0 Å². The van der Waals surface area contributed by atoms with E-state index in [1.807, 2.05) is 11.1 Å². The van der Waals surface area contributed by atoms with Crippen LogP contribution in [-0.4, -0.2) is 30.2 Å². The Bertz CT molecular complexity index is 357. The molecule has 0 bridgehead atoms. The summed E-state index contributed by atoms with van der Waals surface area (Å²) in [6.45, 7) is 7.80. The molecule has 1 saturated heterocycles. The predicted octanol–water partition coefficient (Wildman–Crippen LogP) is 3.90. The van der Waals surface area contributed by atoms with Crippen LogP contribution in [0.4, 0.5) is 0 Å². The van der Waals surface area contributed by atoms with Crippen LogP contribution in [0.25, 0.3) is 0 Å². The van der Waals surface area contributed by atoms with Gasteiger partial charge >= 0.3 is 0 Å². The SMILES string of the molecule is CC[C@H]1CC[C@]2(C)C3=C(CCC3)CC[N+]2(C)C1. The largest absolute Gasteiger partial charge is 0.317 e. The second-order valence-corrected chi connectivity index (χ2v) is 7.07. The van der Waals surface area contributed by atoms with E-state index < -0.39 is 0 Å². The van der Waals surface area contributed by atoms with Gasteiger partial charge in [-0.2, -0.15) is 0 Å². The van der Waals surface area contributed by atoms with Crippen LogP contribution in [0.15, 0.2) is 11.1 Å². The molecule has 3 atom stereocenters. The van der Waals surface area contributed by atoms with Crippen molar-refractivity contribution < 1.29 is 4.48 Å². The van der Waals surface area contributed by atoms with E-state index in [9.17, 15) is 0 Å². The Hall–Kier alpha value is -0.300. The fourth-order valence-electron chi connectivity index (χ4n) is 4.88. The molecule has 2 heterocycles. The highest BCUT2D eigenvalue weighted by atomic mass is 15.4. The van der Waals surface area contributed by atoms with Crippen LogP contribution < -0.4 is 0 Å². The van der Waals surface area contributed by atoms with Crippen LogP contribution in [-0.2, 0) is 0 Å². The van der Waals surface area contributed by atoms with E-state index >= 15 is 0 Å². The van der Waals surface area contributed by atoms with E-state index in [2.05, 4.69) is 20.9 Å². The van der Waals surface area contributed by atoms with Gasteiger partial charge in [0.1, 0.15) is 5.54 Å². The van der Waals surface area contributed by atoms with Crippen molar-refractivity contribution in [3.8, 4) is 0 Å². The molecule has 1 heteroatoms. The fourth-order valence-corrected chi connectivity index (χ4v) is 4.88. The number of fused-ring (bicyclic) bond motifs is 2. The van der Waals surface area contributed by atoms with Crippen LogP contribution in [0.3, 0.4) is 0 Å². The summed E-state index contributed by atoms with van der Waals surface area (Å²) in [4.78, 5) is 0. The zero-order chi connectivity index (χ0) is 12.1. The number of likely N-dealkylation sites (N-methyl/N-ethyl adjacent to an activating group) is 1. The summed E-state index contributed by atoms with van der Waals surface area (Å²) in [5.74, 6) is 0.983. The minimum atomic E-state index is 0.510. The highest BCUT2D eigenvalue weighted by Crippen LogP contribution is 2.51. The summed E-state index contributed by atoms with van der Waals surface area (Å²) < 4.78 is 1.35. The van der Waals surface area contributed by atoms with Crippen molar-refractivity contribution in [3.05, 3.63) is 11.1 Å². The summed E-state index contributed by atoms with van der Waals surface area (Å²) in [6, 6.07) is 0. The molecule has 2 aliphatic heterocycles. The van der Waals surface area contributed by atoms with Gasteiger partial charge in [0, 0.05) is 18.8 Å². The Kier molecular flexibility index (Phi) is 2.66. The summed E-state index contributed by atoms with van der Waals surface area (Å²) in [7, 11) is 2.55. The van der Waals surface area contributed by atoms with Crippen molar-refractivity contribution in [2.75, 3.05) is 20.1 Å². The van der Waals surface area contributed by atoms with Gasteiger partial charge in [-0.05, 0) is 44.6 Å². The van der Waals surface area contributed by atoms with Crippen LogP contribution in [0, 0.1) is 5.92 Å². The van der Waals surface area contributed by atoms with Crippen molar-refractivity contribution in [3.63, 3.8) is 0 Å². The maximum atomic E-state index is 2.58. The van der Waals surface area contributed by atoms with Gasteiger partial charge in [0.2, 0.25) is 0 Å². The van der Waals surface area contributed by atoms with Crippen LogP contribution in [0.5, 0.6) is 0 Å². The number of piperidine rings is 1. The van der Waals surface area contributed by atoms with Crippen molar-refractivity contribution in [2.45, 2.75) is 64.3 Å². The molecular weight excluding hydrogens is 206 g/mol. The number of hydrogen-bond donors (Lipinski definition) is 0. The van der Waals surface area contributed by atoms with Gasteiger partial charge < -0.3 is 4.48 Å². The van der Waals surface area contributed by atoms with Crippen molar-refractivity contribution in [2.24, 2.45) is 5.92 Å². The Morgan fingerprint density at radius 1 is 1.29 bits per heavy atom. The first-order valence-electron chi connectivity index (χ1n) is 7.65. The zero-order valence-electron chi connectivity index (χ0n) is 11.9. The van der Waals surface area contributed by atoms with Gasteiger partial charge in [-0.3, -0.25) is 0 Å². The third kappa shape index (κ3) is 1.54. The molecule has 3 rings (SSSR count). The molecule has 1 nitrogen and oxygen atoms in total. The third-order valence-corrected chi connectivity index (χ3v) is 6.36. The highest BCUT2D eigenvalue weighted by Gasteiger charge is 2.54. The summed E-state index contributed by atoms with van der Waals surface area (Å²) >= 11 is 0. The van der Waals surface area contributed by atoms with E-state index in [1.165, 1.54) is 62.5 Å². The first-order chi connectivity index (χ1) is 8.09. The molecule has 1 aliphatic carbocycles. The average Bonchev–Trinajstić information content (AvgIpc) is 2.79. The van der Waals surface area contributed by atoms with Gasteiger partial charge in [0.15, 0.2) is 0 Å². The van der Waals surface area contributed by atoms with Crippen LogP contribution in [0.2, 0.25) is 0 Å². The predicted molar refractivity (Wildman–Crippen MR) is 72.8 cm³/mol. The molecule has 96 valence electrons. The first-order valence-corrected chi connectivity index (χ1v) is 7.65. The first kappa shape index (κ1) is 11.8. The molecule has 0 aromatic rings. The minimum Gasteiger partial charge on any atom is -0.317 e. The average molecular weight is 234 g/mol. The highest BCUT2D eigenvalue weighted by molar-refractivity contribution is 5.30. The lowest BCUT2D eigenvalue weighted by molar-refractivity contribution is -0.961. The van der Waals surface area contributed by atoms with Gasteiger partial charge in [-0.25, -0.2) is 0 Å². The lowest BCUT2D eigenvalue weighted by Crippen LogP contribution is -2.67. The molecule has 17 heavy (non-hydrogen) atoms. The monoisotopic (exact) mass is 234 g/mol. The van der Waals surface area contributed by atoms with Crippen LogP contribution >= 0.6 is 0 Å². The number of rotatable bonds is 1. The number of hydrogen-bond acceptors (Lipinski definition) is 0. The minimum absolute atomic E-state index is 0.510. The molecule has 0 aromatic heterocycles.